The van der Waals surface area contributed by atoms with Gasteiger partial charge in [0, 0.05) is 10.1 Å². The molecule has 0 spiro atoms. The molecule has 0 radical (unpaired) electrons. The molecule has 1 saturated carbocycles. The molecule has 1 aromatic rings. The topological polar surface area (TPSA) is 26.0 Å². The fraction of sp³-hybridized carbons (Fsp3) is 0.600. The first-order chi connectivity index (χ1) is 9.13. The van der Waals surface area contributed by atoms with Gasteiger partial charge in [-0.1, -0.05) is 19.8 Å². The Morgan fingerprint density at radius 1 is 1.26 bits per heavy atom. The van der Waals surface area contributed by atoms with Gasteiger partial charge in [-0.2, -0.15) is 0 Å². The number of thioether (sulfide) groups is 1. The van der Waals surface area contributed by atoms with Crippen LogP contribution in [0.25, 0.3) is 0 Å². The van der Waals surface area contributed by atoms with Crippen LogP contribution in [0.15, 0.2) is 23.1 Å². The van der Waals surface area contributed by atoms with Gasteiger partial charge >= 0.3 is 0 Å². The second-order valence-electron chi connectivity index (χ2n) is 5.32. The molecule has 1 fully saturated rings. The molecule has 4 heteroatoms. The molecular formula is C15H21F2NS. The van der Waals surface area contributed by atoms with Crippen molar-refractivity contribution in [3.63, 3.8) is 0 Å². The van der Waals surface area contributed by atoms with Crippen molar-refractivity contribution in [3.8, 4) is 0 Å². The Labute approximate surface area is 118 Å². The molecule has 1 aliphatic carbocycles. The highest BCUT2D eigenvalue weighted by molar-refractivity contribution is 8.00. The zero-order valence-electron chi connectivity index (χ0n) is 11.2. The van der Waals surface area contributed by atoms with Crippen LogP contribution in [0, 0.1) is 23.5 Å². The molecule has 19 heavy (non-hydrogen) atoms. The summed E-state index contributed by atoms with van der Waals surface area (Å²) in [6, 6.07) is 4.16. The van der Waals surface area contributed by atoms with E-state index in [1.54, 1.807) is 17.8 Å². The van der Waals surface area contributed by atoms with Gasteiger partial charge in [0.05, 0.1) is 0 Å². The minimum atomic E-state index is -0.783. The summed E-state index contributed by atoms with van der Waals surface area (Å²) < 4.78 is 26.2. The summed E-state index contributed by atoms with van der Waals surface area (Å²) in [7, 11) is 0. The second-order valence-corrected chi connectivity index (χ2v) is 6.63. The van der Waals surface area contributed by atoms with Crippen LogP contribution < -0.4 is 5.73 Å². The van der Waals surface area contributed by atoms with Gasteiger partial charge in [0.1, 0.15) is 0 Å². The van der Waals surface area contributed by atoms with Crippen molar-refractivity contribution in [2.24, 2.45) is 17.6 Å². The van der Waals surface area contributed by atoms with E-state index in [1.807, 2.05) is 0 Å². The molecule has 2 rings (SSSR count). The maximum Gasteiger partial charge on any atom is 0.159 e. The third-order valence-electron chi connectivity index (χ3n) is 4.10. The molecule has 0 aromatic heterocycles. The molecule has 3 unspecified atom stereocenters. The lowest BCUT2D eigenvalue weighted by Crippen LogP contribution is -2.32. The Morgan fingerprint density at radius 3 is 2.68 bits per heavy atom. The number of hydrogen-bond acceptors (Lipinski definition) is 2. The molecule has 1 aliphatic rings. The Kier molecular flexibility index (Phi) is 5.22. The fourth-order valence-corrected chi connectivity index (χ4v) is 4.26. The summed E-state index contributed by atoms with van der Waals surface area (Å²) in [6.45, 7) is 2.89. The molecule has 0 saturated heterocycles. The Bertz CT molecular complexity index is 425. The molecule has 0 bridgehead atoms. The lowest BCUT2D eigenvalue weighted by atomic mass is 9.80. The van der Waals surface area contributed by atoms with Gasteiger partial charge in [0.2, 0.25) is 0 Å². The summed E-state index contributed by atoms with van der Waals surface area (Å²) in [6.07, 6.45) is 4.71. The van der Waals surface area contributed by atoms with Gasteiger partial charge < -0.3 is 5.73 Å². The highest BCUT2D eigenvalue weighted by Crippen LogP contribution is 2.40. The van der Waals surface area contributed by atoms with Crippen molar-refractivity contribution in [3.05, 3.63) is 29.8 Å². The average Bonchev–Trinajstić information content (AvgIpc) is 2.43. The smallest absolute Gasteiger partial charge is 0.159 e. The summed E-state index contributed by atoms with van der Waals surface area (Å²) in [4.78, 5) is 0.805. The van der Waals surface area contributed by atoms with E-state index in [2.05, 4.69) is 6.92 Å². The third kappa shape index (κ3) is 3.69. The Balaban J connectivity index is 2.07. The van der Waals surface area contributed by atoms with Crippen LogP contribution in [0.5, 0.6) is 0 Å². The summed E-state index contributed by atoms with van der Waals surface area (Å²) in [5, 5.41) is 0.425. The summed E-state index contributed by atoms with van der Waals surface area (Å²) in [5.41, 5.74) is 5.84. The van der Waals surface area contributed by atoms with Crippen LogP contribution in [0.1, 0.15) is 32.6 Å². The highest BCUT2D eigenvalue weighted by Gasteiger charge is 2.29. The zero-order chi connectivity index (χ0) is 13.8. The van der Waals surface area contributed by atoms with Crippen molar-refractivity contribution >= 4 is 11.8 Å². The number of halogens is 2. The SMILES string of the molecule is CCC1CCC(CN)C(Sc2ccc(F)c(F)c2)C1. The van der Waals surface area contributed by atoms with Crippen LogP contribution >= 0.6 is 11.8 Å². The van der Waals surface area contributed by atoms with E-state index in [4.69, 9.17) is 5.73 Å². The first-order valence-corrected chi connectivity index (χ1v) is 7.83. The number of rotatable bonds is 4. The lowest BCUT2D eigenvalue weighted by Gasteiger charge is -2.35. The Hall–Kier alpha value is -0.610. The van der Waals surface area contributed by atoms with Gasteiger partial charge in [-0.3, -0.25) is 0 Å². The quantitative estimate of drug-likeness (QED) is 0.896. The first kappa shape index (κ1) is 14.8. The van der Waals surface area contributed by atoms with Gasteiger partial charge in [0.15, 0.2) is 11.6 Å². The summed E-state index contributed by atoms with van der Waals surface area (Å²) in [5.74, 6) is -0.321. The largest absolute Gasteiger partial charge is 0.330 e. The highest BCUT2D eigenvalue weighted by atomic mass is 32.2. The van der Waals surface area contributed by atoms with Crippen molar-refractivity contribution in [1.29, 1.82) is 0 Å². The number of hydrogen-bond donors (Lipinski definition) is 1. The van der Waals surface area contributed by atoms with Crippen molar-refractivity contribution in [2.75, 3.05) is 6.54 Å². The molecule has 0 heterocycles. The second kappa shape index (κ2) is 6.71. The standard InChI is InChI=1S/C15H21F2NS/c1-2-10-3-4-11(9-18)15(7-10)19-12-5-6-13(16)14(17)8-12/h5-6,8,10-11,15H,2-4,7,9,18H2,1H3. The van der Waals surface area contributed by atoms with Gasteiger partial charge in [-0.05, 0) is 49.4 Å². The van der Waals surface area contributed by atoms with E-state index in [1.165, 1.54) is 25.0 Å². The molecule has 1 aromatic carbocycles. The minimum absolute atomic E-state index is 0.425. The van der Waals surface area contributed by atoms with Gasteiger partial charge in [-0.15, -0.1) is 11.8 Å². The van der Waals surface area contributed by atoms with E-state index in [-0.39, 0.29) is 0 Å². The van der Waals surface area contributed by atoms with Crippen LogP contribution in [0.2, 0.25) is 0 Å². The summed E-state index contributed by atoms with van der Waals surface area (Å²) >= 11 is 1.65. The van der Waals surface area contributed by atoms with Gasteiger partial charge in [-0.25, -0.2) is 8.78 Å². The number of benzene rings is 1. The molecule has 106 valence electrons. The van der Waals surface area contributed by atoms with Crippen LogP contribution in [0.3, 0.4) is 0 Å². The maximum absolute atomic E-state index is 13.2. The van der Waals surface area contributed by atoms with E-state index >= 15 is 0 Å². The lowest BCUT2D eigenvalue weighted by molar-refractivity contribution is 0.283. The molecule has 0 aliphatic heterocycles. The fourth-order valence-electron chi connectivity index (χ4n) is 2.78. The maximum atomic E-state index is 13.2. The van der Waals surface area contributed by atoms with E-state index < -0.39 is 11.6 Å². The van der Waals surface area contributed by atoms with E-state index in [9.17, 15) is 8.78 Å². The first-order valence-electron chi connectivity index (χ1n) is 6.95. The van der Waals surface area contributed by atoms with E-state index in [0.717, 1.165) is 23.7 Å². The number of nitrogens with two attached hydrogens (primary N) is 1. The minimum Gasteiger partial charge on any atom is -0.330 e. The molecule has 3 atom stereocenters. The third-order valence-corrected chi connectivity index (χ3v) is 5.50. The molecule has 1 nitrogen and oxygen atoms in total. The van der Waals surface area contributed by atoms with Gasteiger partial charge in [0.25, 0.3) is 0 Å². The van der Waals surface area contributed by atoms with Crippen molar-refractivity contribution in [1.82, 2.24) is 0 Å². The Morgan fingerprint density at radius 2 is 2.05 bits per heavy atom. The van der Waals surface area contributed by atoms with Crippen LogP contribution in [-0.4, -0.2) is 11.8 Å². The molecule has 0 amide bonds. The van der Waals surface area contributed by atoms with Crippen LogP contribution in [0.4, 0.5) is 8.78 Å². The normalized spacial score (nSPS) is 27.5. The van der Waals surface area contributed by atoms with Crippen molar-refractivity contribution < 1.29 is 8.78 Å². The molecule has 2 N–H and O–H groups in total. The zero-order valence-corrected chi connectivity index (χ0v) is 12.1. The van der Waals surface area contributed by atoms with Crippen LogP contribution in [-0.2, 0) is 0 Å². The monoisotopic (exact) mass is 285 g/mol. The predicted octanol–water partition coefficient (Wildman–Crippen LogP) is 4.21. The van der Waals surface area contributed by atoms with E-state index in [0.29, 0.717) is 17.7 Å². The molecular weight excluding hydrogens is 264 g/mol. The van der Waals surface area contributed by atoms with Crippen molar-refractivity contribution in [2.45, 2.75) is 42.8 Å². The average molecular weight is 285 g/mol. The predicted molar refractivity (Wildman–Crippen MR) is 76.2 cm³/mol.